The minimum Gasteiger partial charge on any atom is -0.481 e. The van der Waals surface area contributed by atoms with Gasteiger partial charge in [0.2, 0.25) is 11.8 Å². The maximum atomic E-state index is 13.2. The van der Waals surface area contributed by atoms with Crippen molar-refractivity contribution in [1.29, 1.82) is 0 Å². The highest BCUT2D eigenvalue weighted by atomic mass is 35.5. The molecular formula is C25H24ClF3N2O6. The molecule has 2 aromatic rings. The van der Waals surface area contributed by atoms with Crippen molar-refractivity contribution in [2.75, 3.05) is 6.61 Å². The normalized spacial score (nSPS) is 33.0. The molecule has 5 aliphatic rings. The molecule has 1 unspecified atom stereocenters. The number of carbonyl (C=O) groups excluding carboxylic acids is 2. The molecule has 1 atom stereocenters. The summed E-state index contributed by atoms with van der Waals surface area (Å²) in [6, 6.07) is 4.78. The molecule has 3 aliphatic heterocycles. The molecule has 2 saturated carbocycles. The zero-order chi connectivity index (χ0) is 26.0. The lowest BCUT2D eigenvalue weighted by molar-refractivity contribution is -0.352. The Bertz CT molecular complexity index is 1220. The molecule has 0 N–H and O–H groups in total. The Kier molecular flexibility index (Phi) is 5.89. The van der Waals surface area contributed by atoms with E-state index in [1.807, 2.05) is 0 Å². The monoisotopic (exact) mass is 540 g/mol. The number of aromatic nitrogens is 2. The van der Waals surface area contributed by atoms with Gasteiger partial charge in [-0.2, -0.15) is 0 Å². The fourth-order valence-electron chi connectivity index (χ4n) is 5.86. The fraction of sp³-hybridized carbons (Fsp3) is 0.600. The number of hydrogen-bond donors (Lipinski definition) is 0. The Morgan fingerprint density at radius 1 is 1.16 bits per heavy atom. The van der Waals surface area contributed by atoms with E-state index in [0.29, 0.717) is 60.4 Å². The van der Waals surface area contributed by atoms with Gasteiger partial charge < -0.3 is 13.9 Å². The van der Waals surface area contributed by atoms with Crippen LogP contribution in [-0.4, -0.2) is 46.9 Å². The summed E-state index contributed by atoms with van der Waals surface area (Å²) >= 11 is 5.97. The maximum Gasteiger partial charge on any atom is 0.522 e. The average Bonchev–Trinajstić information content (AvgIpc) is 3.32. The fourth-order valence-corrected chi connectivity index (χ4v) is 6.03. The summed E-state index contributed by atoms with van der Waals surface area (Å²) in [5.74, 6) is 0.430. The van der Waals surface area contributed by atoms with Crippen LogP contribution in [0.2, 0.25) is 5.02 Å². The standard InChI is InChI=1S/C25H24ClF3N2O6/c26-14-1-2-19-16(9-14)17(32)10-20(35-19)18(33)11-23-3-5-24(6-4-23,34-12-23)22-31-30-21(36-22)13-7-15(8-13)37-25(27,28)29/h1-2,9,13,15,20H,3-8,10-12H2. The second kappa shape index (κ2) is 8.78. The first-order chi connectivity index (χ1) is 17.5. The molecule has 0 spiro atoms. The molecule has 0 amide bonds. The predicted octanol–water partition coefficient (Wildman–Crippen LogP) is 5.28. The molecule has 12 heteroatoms. The van der Waals surface area contributed by atoms with E-state index in [4.69, 9.17) is 25.5 Å². The third kappa shape index (κ3) is 4.66. The van der Waals surface area contributed by atoms with Gasteiger partial charge in [-0.3, -0.25) is 14.3 Å². The number of halogens is 4. The molecule has 4 fully saturated rings. The van der Waals surface area contributed by atoms with Crippen molar-refractivity contribution in [3.05, 3.63) is 40.6 Å². The molecule has 2 aliphatic carbocycles. The van der Waals surface area contributed by atoms with Crippen LogP contribution in [-0.2, 0) is 19.9 Å². The maximum absolute atomic E-state index is 13.2. The van der Waals surface area contributed by atoms with Crippen LogP contribution in [0, 0.1) is 5.41 Å². The number of benzene rings is 1. The number of alkyl halides is 3. The van der Waals surface area contributed by atoms with Crippen LogP contribution in [0.1, 0.15) is 79.4 Å². The molecule has 2 bridgehead atoms. The van der Waals surface area contributed by atoms with E-state index in [1.54, 1.807) is 18.2 Å². The van der Waals surface area contributed by atoms with Crippen LogP contribution in [0.3, 0.4) is 0 Å². The molecule has 1 aromatic carbocycles. The Morgan fingerprint density at radius 2 is 1.92 bits per heavy atom. The molecule has 0 radical (unpaired) electrons. The van der Waals surface area contributed by atoms with Crippen molar-refractivity contribution in [1.82, 2.24) is 10.2 Å². The second-order valence-corrected chi connectivity index (χ2v) is 11.0. The lowest BCUT2D eigenvalue weighted by Gasteiger charge is -2.51. The Balaban J connectivity index is 1.06. The third-order valence-corrected chi connectivity index (χ3v) is 8.37. The van der Waals surface area contributed by atoms with E-state index < -0.39 is 24.2 Å². The van der Waals surface area contributed by atoms with Crippen molar-refractivity contribution in [3.63, 3.8) is 0 Å². The number of nitrogens with zero attached hydrogens (tertiary/aromatic N) is 2. The molecule has 2 saturated heterocycles. The minimum absolute atomic E-state index is 0.0200. The lowest BCUT2D eigenvalue weighted by Crippen LogP contribution is -2.51. The number of hydrogen-bond acceptors (Lipinski definition) is 8. The lowest BCUT2D eigenvalue weighted by atomic mass is 9.63. The van der Waals surface area contributed by atoms with Crippen LogP contribution in [0.4, 0.5) is 13.2 Å². The molecule has 198 valence electrons. The first-order valence-electron chi connectivity index (χ1n) is 12.3. The summed E-state index contributed by atoms with van der Waals surface area (Å²) in [4.78, 5) is 25.7. The molecule has 4 heterocycles. The number of rotatable bonds is 6. The van der Waals surface area contributed by atoms with Gasteiger partial charge in [0, 0.05) is 22.8 Å². The molecule has 8 nitrogen and oxygen atoms in total. The van der Waals surface area contributed by atoms with Crippen molar-refractivity contribution in [2.24, 2.45) is 5.41 Å². The summed E-state index contributed by atoms with van der Waals surface area (Å²) in [5, 5.41) is 8.67. The Morgan fingerprint density at radius 3 is 2.59 bits per heavy atom. The van der Waals surface area contributed by atoms with Gasteiger partial charge in [0.1, 0.15) is 11.4 Å². The number of fused-ring (bicyclic) bond motifs is 4. The summed E-state index contributed by atoms with van der Waals surface area (Å²) in [6.07, 6.45) is -3.26. The minimum atomic E-state index is -4.65. The summed E-state index contributed by atoms with van der Waals surface area (Å²) < 4.78 is 59.1. The van der Waals surface area contributed by atoms with Gasteiger partial charge in [-0.1, -0.05) is 11.6 Å². The first-order valence-corrected chi connectivity index (χ1v) is 12.7. The summed E-state index contributed by atoms with van der Waals surface area (Å²) in [5.41, 5.74) is -0.718. The number of ether oxygens (including phenoxy) is 3. The summed E-state index contributed by atoms with van der Waals surface area (Å²) in [6.45, 7) is 0.328. The smallest absolute Gasteiger partial charge is 0.481 e. The Labute approximate surface area is 214 Å². The van der Waals surface area contributed by atoms with E-state index in [-0.39, 0.29) is 48.6 Å². The van der Waals surface area contributed by atoms with Gasteiger partial charge in [0.15, 0.2) is 17.7 Å². The highest BCUT2D eigenvalue weighted by Crippen LogP contribution is 2.55. The van der Waals surface area contributed by atoms with Crippen LogP contribution in [0.25, 0.3) is 0 Å². The van der Waals surface area contributed by atoms with Gasteiger partial charge in [0.25, 0.3) is 0 Å². The van der Waals surface area contributed by atoms with E-state index in [9.17, 15) is 22.8 Å². The quantitative estimate of drug-likeness (QED) is 0.487. The van der Waals surface area contributed by atoms with Gasteiger partial charge in [-0.05, 0) is 56.7 Å². The van der Waals surface area contributed by atoms with Crippen LogP contribution >= 0.6 is 11.6 Å². The average molecular weight is 541 g/mol. The highest BCUT2D eigenvalue weighted by molar-refractivity contribution is 6.31. The van der Waals surface area contributed by atoms with E-state index in [1.165, 1.54) is 0 Å². The van der Waals surface area contributed by atoms with Crippen LogP contribution in [0.15, 0.2) is 22.6 Å². The largest absolute Gasteiger partial charge is 0.522 e. The molecule has 37 heavy (non-hydrogen) atoms. The highest BCUT2D eigenvalue weighted by Gasteiger charge is 2.55. The van der Waals surface area contributed by atoms with Gasteiger partial charge in [0.05, 0.1) is 24.7 Å². The van der Waals surface area contributed by atoms with Crippen LogP contribution < -0.4 is 4.74 Å². The zero-order valence-corrected chi connectivity index (χ0v) is 20.4. The second-order valence-electron chi connectivity index (χ2n) is 10.6. The van der Waals surface area contributed by atoms with Gasteiger partial charge in [-0.25, -0.2) is 0 Å². The topological polar surface area (TPSA) is 101 Å². The molecule has 7 rings (SSSR count). The first kappa shape index (κ1) is 24.8. The Hall–Kier alpha value is -2.50. The van der Waals surface area contributed by atoms with Crippen molar-refractivity contribution < 1.29 is 41.4 Å². The van der Waals surface area contributed by atoms with Gasteiger partial charge in [-0.15, -0.1) is 23.4 Å². The van der Waals surface area contributed by atoms with Crippen molar-refractivity contribution >= 4 is 23.2 Å². The molecule has 1 aromatic heterocycles. The zero-order valence-electron chi connectivity index (χ0n) is 19.7. The number of Topliss-reactive ketones (excluding diaryl/α,β-unsaturated/α-hetero) is 2. The van der Waals surface area contributed by atoms with E-state index in [2.05, 4.69) is 14.9 Å². The van der Waals surface area contributed by atoms with Crippen LogP contribution in [0.5, 0.6) is 5.75 Å². The van der Waals surface area contributed by atoms with Gasteiger partial charge >= 0.3 is 6.36 Å². The van der Waals surface area contributed by atoms with Crippen molar-refractivity contribution in [2.45, 2.75) is 81.5 Å². The van der Waals surface area contributed by atoms with E-state index >= 15 is 0 Å². The third-order valence-electron chi connectivity index (χ3n) is 8.14. The number of carbonyl (C=O) groups is 2. The van der Waals surface area contributed by atoms with Crippen molar-refractivity contribution in [3.8, 4) is 5.75 Å². The predicted molar refractivity (Wildman–Crippen MR) is 120 cm³/mol. The number of ketones is 2. The molecular weight excluding hydrogens is 517 g/mol. The summed E-state index contributed by atoms with van der Waals surface area (Å²) in [7, 11) is 0. The SMILES string of the molecule is O=C1CC(C(=O)CC23CCC(c4nnc(C5CC(OC(F)(F)F)C5)o4)(CC2)OC3)Oc2ccc(Cl)cc21. The van der Waals surface area contributed by atoms with E-state index in [0.717, 1.165) is 0 Å².